The van der Waals surface area contributed by atoms with Crippen LogP contribution in [0.3, 0.4) is 0 Å². The van der Waals surface area contributed by atoms with E-state index >= 15 is 0 Å². The number of carbonyl (C=O) groups is 1. The second-order valence-corrected chi connectivity index (χ2v) is 7.23. The topological polar surface area (TPSA) is 82.7 Å². The van der Waals surface area contributed by atoms with E-state index in [2.05, 4.69) is 33.8 Å². The largest absolute Gasteiger partial charge is 0.481 e. The van der Waals surface area contributed by atoms with Crippen molar-refractivity contribution in [1.29, 1.82) is 0 Å². The third-order valence-corrected chi connectivity index (χ3v) is 5.18. The lowest BCUT2D eigenvalue weighted by Crippen LogP contribution is -2.47. The molecule has 2 aromatic rings. The number of aliphatic carboxylic acids is 1. The first-order valence-corrected chi connectivity index (χ1v) is 9.62. The average molecular weight is 372 g/mol. The quantitative estimate of drug-likeness (QED) is 0.713. The maximum absolute atomic E-state index is 10.6. The van der Waals surface area contributed by atoms with Gasteiger partial charge in [-0.05, 0) is 33.2 Å². The minimum Gasteiger partial charge on any atom is -0.481 e. The van der Waals surface area contributed by atoms with Crippen molar-refractivity contribution in [2.45, 2.75) is 39.2 Å². The van der Waals surface area contributed by atoms with Gasteiger partial charge in [-0.3, -0.25) is 9.69 Å². The molecule has 1 saturated heterocycles. The molecule has 1 aliphatic heterocycles. The van der Waals surface area contributed by atoms with Gasteiger partial charge < -0.3 is 14.5 Å². The summed E-state index contributed by atoms with van der Waals surface area (Å²) < 4.78 is 5.52. The molecule has 0 amide bonds. The van der Waals surface area contributed by atoms with E-state index in [-0.39, 0.29) is 12.5 Å². The van der Waals surface area contributed by atoms with Crippen LogP contribution in [0, 0.1) is 6.92 Å². The Kier molecular flexibility index (Phi) is 6.58. The van der Waals surface area contributed by atoms with E-state index in [0.717, 1.165) is 51.1 Å². The molecule has 1 atom stereocenters. The van der Waals surface area contributed by atoms with E-state index in [1.165, 1.54) is 5.56 Å². The van der Waals surface area contributed by atoms with Crippen LogP contribution >= 0.6 is 0 Å². The second kappa shape index (κ2) is 9.10. The van der Waals surface area contributed by atoms with Gasteiger partial charge in [-0.2, -0.15) is 4.98 Å². The number of carboxylic acid groups (broad SMARTS) is 1. The fourth-order valence-electron chi connectivity index (χ4n) is 3.37. The zero-order valence-electron chi connectivity index (χ0n) is 16.1. The molecule has 7 heteroatoms. The summed E-state index contributed by atoms with van der Waals surface area (Å²) in [6.45, 7) is 8.99. The minimum atomic E-state index is -0.710. The van der Waals surface area contributed by atoms with Crippen LogP contribution in [0.4, 0.5) is 0 Å². The van der Waals surface area contributed by atoms with Gasteiger partial charge in [-0.1, -0.05) is 35.0 Å². The van der Waals surface area contributed by atoms with Crippen molar-refractivity contribution in [3.05, 3.63) is 35.7 Å². The van der Waals surface area contributed by atoms with Crippen LogP contribution in [0.25, 0.3) is 11.4 Å². The number of hydrogen-bond acceptors (Lipinski definition) is 6. The van der Waals surface area contributed by atoms with Crippen molar-refractivity contribution in [2.24, 2.45) is 0 Å². The summed E-state index contributed by atoms with van der Waals surface area (Å²) in [6.07, 6.45) is 1.94. The summed E-state index contributed by atoms with van der Waals surface area (Å²) >= 11 is 0. The van der Waals surface area contributed by atoms with Gasteiger partial charge in [0.15, 0.2) is 0 Å². The Morgan fingerprint density at radius 1 is 1.19 bits per heavy atom. The number of rotatable bonds is 8. The number of nitrogens with zero attached hydrogens (tertiary/aromatic N) is 4. The van der Waals surface area contributed by atoms with E-state index < -0.39 is 5.97 Å². The molecule has 1 aromatic heterocycles. The van der Waals surface area contributed by atoms with E-state index in [0.29, 0.717) is 11.7 Å². The van der Waals surface area contributed by atoms with Crippen molar-refractivity contribution in [3.63, 3.8) is 0 Å². The zero-order valence-corrected chi connectivity index (χ0v) is 16.1. The molecular formula is C20H28N4O3. The minimum absolute atomic E-state index is 0.0888. The molecule has 2 heterocycles. The van der Waals surface area contributed by atoms with Crippen LogP contribution in [-0.4, -0.2) is 63.7 Å². The Labute approximate surface area is 160 Å². The second-order valence-electron chi connectivity index (χ2n) is 7.23. The number of piperazine rings is 1. The molecule has 3 rings (SSSR count). The Morgan fingerprint density at radius 2 is 1.89 bits per heavy atom. The summed E-state index contributed by atoms with van der Waals surface area (Å²) in [5.41, 5.74) is 2.17. The van der Waals surface area contributed by atoms with Gasteiger partial charge >= 0.3 is 5.97 Å². The Morgan fingerprint density at radius 3 is 2.56 bits per heavy atom. The lowest BCUT2D eigenvalue weighted by atomic mass is 10.1. The highest BCUT2D eigenvalue weighted by Crippen LogP contribution is 2.23. The Hall–Kier alpha value is -2.25. The van der Waals surface area contributed by atoms with Crippen molar-refractivity contribution in [2.75, 3.05) is 32.7 Å². The van der Waals surface area contributed by atoms with Gasteiger partial charge in [0.1, 0.15) is 0 Å². The molecule has 1 aliphatic rings. The van der Waals surface area contributed by atoms with Crippen LogP contribution in [0.15, 0.2) is 28.8 Å². The van der Waals surface area contributed by atoms with Crippen LogP contribution in [0.5, 0.6) is 0 Å². The predicted molar refractivity (Wildman–Crippen MR) is 102 cm³/mol. The number of aryl methyl sites for hydroxylation is 1. The third-order valence-electron chi connectivity index (χ3n) is 5.18. The highest BCUT2D eigenvalue weighted by molar-refractivity contribution is 5.66. The molecule has 7 nitrogen and oxygen atoms in total. The van der Waals surface area contributed by atoms with Crippen LogP contribution in [-0.2, 0) is 4.79 Å². The fourth-order valence-corrected chi connectivity index (χ4v) is 3.37. The first-order chi connectivity index (χ1) is 13.0. The molecule has 1 N–H and O–H groups in total. The summed E-state index contributed by atoms with van der Waals surface area (Å²) in [5, 5.41) is 12.8. The number of aromatic nitrogens is 2. The van der Waals surface area contributed by atoms with E-state index in [1.54, 1.807) is 0 Å². The van der Waals surface area contributed by atoms with Gasteiger partial charge in [0, 0.05) is 38.2 Å². The van der Waals surface area contributed by atoms with Gasteiger partial charge in [0.05, 0.1) is 6.04 Å². The molecule has 1 fully saturated rings. The van der Waals surface area contributed by atoms with Crippen LogP contribution < -0.4 is 0 Å². The van der Waals surface area contributed by atoms with E-state index in [1.807, 2.05) is 24.3 Å². The van der Waals surface area contributed by atoms with Gasteiger partial charge in [0.25, 0.3) is 0 Å². The first-order valence-electron chi connectivity index (χ1n) is 9.62. The molecule has 0 spiro atoms. The molecule has 0 aliphatic carbocycles. The molecule has 0 saturated carbocycles. The van der Waals surface area contributed by atoms with Gasteiger partial charge in [-0.15, -0.1) is 0 Å². The first kappa shape index (κ1) is 19.5. The Balaban J connectivity index is 1.49. The van der Waals surface area contributed by atoms with Crippen LogP contribution in [0.1, 0.15) is 43.7 Å². The predicted octanol–water partition coefficient (Wildman–Crippen LogP) is 2.98. The lowest BCUT2D eigenvalue weighted by Gasteiger charge is -2.36. The molecule has 0 bridgehead atoms. The molecule has 0 radical (unpaired) electrons. The SMILES string of the molecule is Cc1ccc(-c2noc(C(C)N3CCN(CCCCC(=O)O)CC3)n2)cc1. The fraction of sp³-hybridized carbons (Fsp3) is 0.550. The van der Waals surface area contributed by atoms with Gasteiger partial charge in [0.2, 0.25) is 11.7 Å². The molecule has 1 aromatic carbocycles. The van der Waals surface area contributed by atoms with Crippen LogP contribution in [0.2, 0.25) is 0 Å². The van der Waals surface area contributed by atoms with Crippen molar-refractivity contribution < 1.29 is 14.4 Å². The normalized spacial score (nSPS) is 17.1. The van der Waals surface area contributed by atoms with Crippen molar-refractivity contribution in [1.82, 2.24) is 19.9 Å². The average Bonchev–Trinajstić information content (AvgIpc) is 3.16. The molecule has 27 heavy (non-hydrogen) atoms. The molecule has 146 valence electrons. The van der Waals surface area contributed by atoms with E-state index in [9.17, 15) is 4.79 Å². The zero-order chi connectivity index (χ0) is 19.2. The summed E-state index contributed by atoms with van der Waals surface area (Å²) in [4.78, 5) is 19.9. The molecule has 1 unspecified atom stereocenters. The number of unbranched alkanes of at least 4 members (excludes halogenated alkanes) is 1. The van der Waals surface area contributed by atoms with Crippen molar-refractivity contribution in [3.8, 4) is 11.4 Å². The maximum atomic E-state index is 10.6. The van der Waals surface area contributed by atoms with Gasteiger partial charge in [-0.25, -0.2) is 0 Å². The Bertz CT molecular complexity index is 736. The summed E-state index contributed by atoms with van der Waals surface area (Å²) in [6, 6.07) is 8.20. The van der Waals surface area contributed by atoms with Crippen molar-refractivity contribution >= 4 is 5.97 Å². The summed E-state index contributed by atoms with van der Waals surface area (Å²) in [7, 11) is 0. The number of carboxylic acids is 1. The third kappa shape index (κ3) is 5.37. The summed E-state index contributed by atoms with van der Waals surface area (Å²) in [5.74, 6) is 0.576. The standard InChI is InChI=1S/C20H28N4O3/c1-15-6-8-17(9-7-15)19-21-20(27-22-19)16(2)24-13-11-23(12-14-24)10-4-3-5-18(25)26/h6-9,16H,3-5,10-14H2,1-2H3,(H,25,26). The highest BCUT2D eigenvalue weighted by Gasteiger charge is 2.25. The highest BCUT2D eigenvalue weighted by atomic mass is 16.5. The molecular weight excluding hydrogens is 344 g/mol. The maximum Gasteiger partial charge on any atom is 0.303 e. The smallest absolute Gasteiger partial charge is 0.303 e. The number of hydrogen-bond donors (Lipinski definition) is 1. The monoisotopic (exact) mass is 372 g/mol. The number of benzene rings is 1. The lowest BCUT2D eigenvalue weighted by molar-refractivity contribution is -0.137. The van der Waals surface area contributed by atoms with E-state index in [4.69, 9.17) is 9.63 Å².